The number of hydrogen-bond acceptors (Lipinski definition) is 3. The van der Waals surface area contributed by atoms with Crippen molar-refractivity contribution in [2.45, 2.75) is 51.6 Å². The molecule has 2 heterocycles. The smallest absolute Gasteiger partial charge is 0.223 e. The van der Waals surface area contributed by atoms with Crippen LogP contribution >= 0.6 is 0 Å². The summed E-state index contributed by atoms with van der Waals surface area (Å²) in [6.07, 6.45) is 7.72. The summed E-state index contributed by atoms with van der Waals surface area (Å²) in [4.78, 5) is 14.2. The second-order valence-electron chi connectivity index (χ2n) is 7.41. The number of carbonyl (C=O) groups is 1. The van der Waals surface area contributed by atoms with E-state index in [9.17, 15) is 9.18 Å². The van der Waals surface area contributed by atoms with Gasteiger partial charge >= 0.3 is 0 Å². The zero-order valence-electron chi connectivity index (χ0n) is 16.4. The van der Waals surface area contributed by atoms with Gasteiger partial charge in [0, 0.05) is 43.7 Å². The number of halogens is 1. The lowest BCUT2D eigenvalue weighted by molar-refractivity contribution is -0.127. The third-order valence-electron chi connectivity index (χ3n) is 5.53. The van der Waals surface area contributed by atoms with E-state index in [1.54, 1.807) is 16.8 Å². The molecule has 3 rings (SSSR count). The molecule has 146 valence electrons. The number of amides is 1. The third kappa shape index (κ3) is 4.38. The molecular formula is C21H29FN4O. The first-order valence-electron chi connectivity index (χ1n) is 9.83. The first kappa shape index (κ1) is 19.5. The van der Waals surface area contributed by atoms with Gasteiger partial charge in [0.25, 0.3) is 0 Å². The monoisotopic (exact) mass is 372 g/mol. The Morgan fingerprint density at radius 1 is 1.30 bits per heavy atom. The molecule has 0 radical (unpaired) electrons. The van der Waals surface area contributed by atoms with E-state index in [1.807, 2.05) is 24.3 Å². The van der Waals surface area contributed by atoms with Crippen LogP contribution in [0.5, 0.6) is 0 Å². The Bertz CT molecular complexity index is 758. The van der Waals surface area contributed by atoms with Gasteiger partial charge in [-0.15, -0.1) is 0 Å². The Morgan fingerprint density at radius 3 is 2.70 bits per heavy atom. The van der Waals surface area contributed by atoms with Crippen LogP contribution in [0.25, 0.3) is 5.69 Å². The minimum absolute atomic E-state index is 0.0123. The molecule has 1 fully saturated rings. The molecule has 27 heavy (non-hydrogen) atoms. The fraction of sp³-hybridized carbons (Fsp3) is 0.524. The highest BCUT2D eigenvalue weighted by atomic mass is 19.1. The van der Waals surface area contributed by atoms with Gasteiger partial charge in [0.1, 0.15) is 5.82 Å². The summed E-state index contributed by atoms with van der Waals surface area (Å²) in [7, 11) is 1.87. The van der Waals surface area contributed by atoms with Crippen molar-refractivity contribution in [1.82, 2.24) is 20.0 Å². The average Bonchev–Trinajstić information content (AvgIpc) is 3.24. The predicted molar refractivity (Wildman–Crippen MR) is 104 cm³/mol. The van der Waals surface area contributed by atoms with Crippen LogP contribution in [0.3, 0.4) is 0 Å². The molecular weight excluding hydrogens is 343 g/mol. The number of rotatable bonds is 8. The molecule has 6 heteroatoms. The van der Waals surface area contributed by atoms with E-state index in [1.165, 1.54) is 12.1 Å². The van der Waals surface area contributed by atoms with E-state index in [0.717, 1.165) is 37.1 Å². The van der Waals surface area contributed by atoms with Crippen LogP contribution in [0.2, 0.25) is 0 Å². The van der Waals surface area contributed by atoms with Crippen molar-refractivity contribution in [2.75, 3.05) is 13.6 Å². The number of nitrogens with one attached hydrogen (secondary N) is 1. The lowest BCUT2D eigenvalue weighted by Gasteiger charge is -2.26. The van der Waals surface area contributed by atoms with E-state index < -0.39 is 0 Å². The summed E-state index contributed by atoms with van der Waals surface area (Å²) in [5, 5.41) is 8.08. The van der Waals surface area contributed by atoms with Gasteiger partial charge in [-0.25, -0.2) is 9.07 Å². The molecule has 3 atom stereocenters. The fourth-order valence-electron chi connectivity index (χ4n) is 3.97. The normalized spacial score (nSPS) is 21.0. The quantitative estimate of drug-likeness (QED) is 0.769. The minimum atomic E-state index is -0.268. The Hall–Kier alpha value is -2.21. The maximum Gasteiger partial charge on any atom is 0.223 e. The zero-order valence-corrected chi connectivity index (χ0v) is 16.4. The second kappa shape index (κ2) is 8.65. The minimum Gasteiger partial charge on any atom is -0.338 e. The standard InChI is InChI=1S/C21H29FN4O/c1-4-6-18(5-2)23-12-15-11-20(27)25(3)21(15)16-13-24-26(14-16)19-9-7-17(22)8-10-19/h7-10,13-15,18,21,23H,4-6,11-12H2,1-3H3/t15-,18?,21+/m0/s1. The molecule has 0 saturated carbocycles. The van der Waals surface area contributed by atoms with Crippen molar-refractivity contribution in [1.29, 1.82) is 0 Å². The molecule has 1 unspecified atom stereocenters. The van der Waals surface area contributed by atoms with Gasteiger partial charge < -0.3 is 10.2 Å². The van der Waals surface area contributed by atoms with Crippen molar-refractivity contribution in [3.05, 3.63) is 48.0 Å². The average molecular weight is 372 g/mol. The highest BCUT2D eigenvalue weighted by Gasteiger charge is 2.39. The van der Waals surface area contributed by atoms with Crippen molar-refractivity contribution < 1.29 is 9.18 Å². The second-order valence-corrected chi connectivity index (χ2v) is 7.41. The molecule has 1 aromatic heterocycles. The largest absolute Gasteiger partial charge is 0.338 e. The van der Waals surface area contributed by atoms with Crippen LogP contribution in [0.1, 0.15) is 51.1 Å². The van der Waals surface area contributed by atoms with Gasteiger partial charge in [0.2, 0.25) is 5.91 Å². The molecule has 1 saturated heterocycles. The van der Waals surface area contributed by atoms with E-state index in [0.29, 0.717) is 12.5 Å². The summed E-state index contributed by atoms with van der Waals surface area (Å²) in [5.74, 6) is 0.125. The van der Waals surface area contributed by atoms with Crippen molar-refractivity contribution in [3.63, 3.8) is 0 Å². The molecule has 1 aliphatic heterocycles. The van der Waals surface area contributed by atoms with E-state index in [4.69, 9.17) is 0 Å². The topological polar surface area (TPSA) is 50.2 Å². The Morgan fingerprint density at radius 2 is 2.04 bits per heavy atom. The van der Waals surface area contributed by atoms with E-state index in [-0.39, 0.29) is 23.7 Å². The molecule has 1 aliphatic rings. The predicted octanol–water partition coefficient (Wildman–Crippen LogP) is 3.70. The summed E-state index contributed by atoms with van der Waals surface area (Å²) >= 11 is 0. The van der Waals surface area contributed by atoms with Gasteiger partial charge in [-0.3, -0.25) is 4.79 Å². The van der Waals surface area contributed by atoms with Crippen molar-refractivity contribution in [3.8, 4) is 5.69 Å². The number of benzene rings is 1. The highest BCUT2D eigenvalue weighted by molar-refractivity contribution is 5.79. The maximum atomic E-state index is 13.2. The van der Waals surface area contributed by atoms with Crippen LogP contribution in [0, 0.1) is 11.7 Å². The lowest BCUT2D eigenvalue weighted by Crippen LogP contribution is -2.35. The van der Waals surface area contributed by atoms with Gasteiger partial charge in [-0.05, 0) is 37.1 Å². The number of nitrogens with zero attached hydrogens (tertiary/aromatic N) is 3. The zero-order chi connectivity index (χ0) is 19.4. The van der Waals surface area contributed by atoms with Crippen molar-refractivity contribution in [2.24, 2.45) is 5.92 Å². The third-order valence-corrected chi connectivity index (χ3v) is 5.53. The van der Waals surface area contributed by atoms with Crippen LogP contribution in [0.15, 0.2) is 36.7 Å². The van der Waals surface area contributed by atoms with Gasteiger partial charge in [-0.2, -0.15) is 5.10 Å². The van der Waals surface area contributed by atoms with Crippen LogP contribution in [-0.2, 0) is 4.79 Å². The Balaban J connectivity index is 1.76. The SMILES string of the molecule is CCCC(CC)NC[C@@H]1CC(=O)N(C)[C@H]1c1cnn(-c2ccc(F)cc2)c1. The van der Waals surface area contributed by atoms with Crippen LogP contribution in [-0.4, -0.2) is 40.2 Å². The summed E-state index contributed by atoms with van der Waals surface area (Å²) in [6, 6.07) is 6.76. The van der Waals surface area contributed by atoms with Crippen molar-refractivity contribution >= 4 is 5.91 Å². The molecule has 0 bridgehead atoms. The van der Waals surface area contributed by atoms with Crippen LogP contribution in [0.4, 0.5) is 4.39 Å². The molecule has 1 aromatic carbocycles. The Labute approximate surface area is 160 Å². The first-order valence-corrected chi connectivity index (χ1v) is 9.83. The number of hydrogen-bond donors (Lipinski definition) is 1. The lowest BCUT2D eigenvalue weighted by atomic mass is 9.95. The number of carbonyl (C=O) groups excluding carboxylic acids is 1. The van der Waals surface area contributed by atoms with Crippen LogP contribution < -0.4 is 5.32 Å². The van der Waals surface area contributed by atoms with E-state index in [2.05, 4.69) is 24.3 Å². The molecule has 1 amide bonds. The van der Waals surface area contributed by atoms with Gasteiger partial charge in [0.05, 0.1) is 17.9 Å². The molecule has 1 N–H and O–H groups in total. The molecule has 5 nitrogen and oxygen atoms in total. The maximum absolute atomic E-state index is 13.2. The van der Waals surface area contributed by atoms with E-state index >= 15 is 0 Å². The van der Waals surface area contributed by atoms with Gasteiger partial charge in [-0.1, -0.05) is 20.3 Å². The Kier molecular flexibility index (Phi) is 6.26. The molecule has 0 aliphatic carbocycles. The fourth-order valence-corrected chi connectivity index (χ4v) is 3.97. The van der Waals surface area contributed by atoms with Gasteiger partial charge in [0.15, 0.2) is 0 Å². The summed E-state index contributed by atoms with van der Waals surface area (Å²) in [5.41, 5.74) is 1.82. The number of aromatic nitrogens is 2. The number of likely N-dealkylation sites (tertiary alicyclic amines) is 1. The summed E-state index contributed by atoms with van der Waals surface area (Å²) < 4.78 is 14.9. The highest BCUT2D eigenvalue weighted by Crippen LogP contribution is 2.36. The molecule has 0 spiro atoms. The molecule has 2 aromatic rings. The summed E-state index contributed by atoms with van der Waals surface area (Å²) in [6.45, 7) is 5.22. The first-order chi connectivity index (χ1) is 13.0.